The maximum Gasteiger partial charge on any atom is 0.340 e. The van der Waals surface area contributed by atoms with Crippen molar-refractivity contribution in [3.05, 3.63) is 28.8 Å². The summed E-state index contributed by atoms with van der Waals surface area (Å²) in [5.74, 6) is 0.0915. The van der Waals surface area contributed by atoms with Crippen molar-refractivity contribution in [1.29, 1.82) is 0 Å². The van der Waals surface area contributed by atoms with E-state index in [0.29, 0.717) is 5.75 Å². The molecule has 138 valence electrons. The van der Waals surface area contributed by atoms with Crippen LogP contribution >= 0.6 is 9.03 Å². The van der Waals surface area contributed by atoms with E-state index in [1.807, 2.05) is 26.0 Å². The summed E-state index contributed by atoms with van der Waals surface area (Å²) in [5, 5.41) is 0. The molecule has 0 fully saturated rings. The predicted molar refractivity (Wildman–Crippen MR) is 102 cm³/mol. The van der Waals surface area contributed by atoms with E-state index in [1.54, 1.807) is 6.92 Å². The van der Waals surface area contributed by atoms with Crippen LogP contribution in [0.4, 0.5) is 0 Å². The lowest BCUT2D eigenvalue weighted by Crippen LogP contribution is -2.25. The monoisotopic (exact) mass is 356 g/mol. The molecule has 2 unspecified atom stereocenters. The Morgan fingerprint density at radius 3 is 2.17 bits per heavy atom. The number of rotatable bonds is 5. The maximum atomic E-state index is 12.0. The van der Waals surface area contributed by atoms with Crippen LogP contribution in [0, 0.1) is 13.8 Å². The molecule has 0 aromatic heterocycles. The number of carbonyl (C=O) groups excluding carboxylic acids is 1. The summed E-state index contributed by atoms with van der Waals surface area (Å²) >= 11 is 0. The number of esters is 1. The van der Waals surface area contributed by atoms with Gasteiger partial charge in [-0.1, -0.05) is 65.2 Å². The van der Waals surface area contributed by atoms with Crippen molar-refractivity contribution in [3.8, 4) is 5.75 Å². The Morgan fingerprint density at radius 2 is 1.75 bits per heavy atom. The third-order valence-electron chi connectivity index (χ3n) is 3.49. The number of ether oxygens (including phenoxy) is 1. The van der Waals surface area contributed by atoms with Gasteiger partial charge in [0.05, 0.1) is 0 Å². The molecule has 0 heterocycles. The van der Waals surface area contributed by atoms with E-state index < -0.39 is 21.1 Å². The van der Waals surface area contributed by atoms with Gasteiger partial charge in [0.1, 0.15) is 5.75 Å². The zero-order valence-electron chi connectivity index (χ0n) is 16.3. The van der Waals surface area contributed by atoms with Crippen molar-refractivity contribution < 1.29 is 18.9 Å². The molecule has 1 rings (SSSR count). The zero-order valence-corrected chi connectivity index (χ0v) is 17.3. The molecule has 0 spiro atoms. The quantitative estimate of drug-likeness (QED) is 0.446. The Labute approximate surface area is 148 Å². The third kappa shape index (κ3) is 7.74. The minimum Gasteiger partial charge on any atom is -0.424 e. The summed E-state index contributed by atoms with van der Waals surface area (Å²) in [6.07, 6.45) is 1.85. The Kier molecular flexibility index (Phi) is 10.4. The Balaban J connectivity index is 0.00000118. The first-order valence-corrected chi connectivity index (χ1v) is 9.32. The second kappa shape index (κ2) is 10.8. The highest BCUT2D eigenvalue weighted by molar-refractivity contribution is 7.25. The Bertz CT molecular complexity index is 519. The fourth-order valence-corrected chi connectivity index (χ4v) is 2.21. The van der Waals surface area contributed by atoms with E-state index in [4.69, 9.17) is 14.2 Å². The molecule has 0 aliphatic heterocycles. The van der Waals surface area contributed by atoms with E-state index in [2.05, 4.69) is 34.6 Å². The summed E-state index contributed by atoms with van der Waals surface area (Å²) in [4.78, 5) is 20.7. The minimum absolute atomic E-state index is 0.130. The average Bonchev–Trinajstić information content (AvgIpc) is 2.49. The van der Waals surface area contributed by atoms with Gasteiger partial charge >= 0.3 is 5.97 Å². The second-order valence-corrected chi connectivity index (χ2v) is 7.40. The lowest BCUT2D eigenvalue weighted by molar-refractivity contribution is -0.141. The van der Waals surface area contributed by atoms with Crippen molar-refractivity contribution >= 4 is 15.0 Å². The fraction of sp³-hybridized carbons (Fsp3) is 0.632. The van der Waals surface area contributed by atoms with E-state index in [1.165, 1.54) is 12.8 Å². The number of aryl methyl sites for hydroxylation is 2. The maximum absolute atomic E-state index is 12.0. The highest BCUT2D eigenvalue weighted by atomic mass is 31.1. The fourth-order valence-electron chi connectivity index (χ4n) is 1.96. The molecule has 2 atom stereocenters. The van der Waals surface area contributed by atoms with E-state index in [9.17, 15) is 4.79 Å². The molecule has 0 saturated heterocycles. The lowest BCUT2D eigenvalue weighted by atomic mass is 9.84. The summed E-state index contributed by atoms with van der Waals surface area (Å²) < 4.78 is 10.4. The van der Waals surface area contributed by atoms with Gasteiger partial charge in [-0.3, -0.25) is 0 Å². The van der Waals surface area contributed by atoms with Gasteiger partial charge in [-0.25, -0.2) is 4.79 Å². The van der Waals surface area contributed by atoms with Crippen molar-refractivity contribution in [2.24, 2.45) is 0 Å². The van der Waals surface area contributed by atoms with Crippen LogP contribution in [-0.2, 0) is 14.7 Å². The largest absolute Gasteiger partial charge is 0.424 e. The number of carbonyl (C=O) groups is 1. The van der Waals surface area contributed by atoms with E-state index in [0.717, 1.165) is 16.7 Å². The van der Waals surface area contributed by atoms with Gasteiger partial charge in [-0.05, 0) is 31.7 Å². The highest BCUT2D eigenvalue weighted by Gasteiger charge is 2.24. The SMILES string of the molecule is CCCC.Cc1cc(C)c(OC(=O)C(C)OPO)c(C(C)(C)C)c1. The Morgan fingerprint density at radius 1 is 1.21 bits per heavy atom. The summed E-state index contributed by atoms with van der Waals surface area (Å²) in [6.45, 7) is 16.1. The van der Waals surface area contributed by atoms with Crippen LogP contribution in [0.25, 0.3) is 0 Å². The summed E-state index contributed by atoms with van der Waals surface area (Å²) in [5.41, 5.74) is 2.91. The zero-order chi connectivity index (χ0) is 18.9. The molecule has 0 saturated carbocycles. The van der Waals surface area contributed by atoms with Gasteiger partial charge in [0.2, 0.25) is 0 Å². The van der Waals surface area contributed by atoms with Crippen LogP contribution in [0.15, 0.2) is 12.1 Å². The van der Waals surface area contributed by atoms with Gasteiger partial charge in [-0.2, -0.15) is 0 Å². The first kappa shape index (κ1) is 23.0. The first-order chi connectivity index (χ1) is 11.1. The summed E-state index contributed by atoms with van der Waals surface area (Å²) in [6, 6.07) is 4.02. The number of benzene rings is 1. The van der Waals surface area contributed by atoms with Crippen LogP contribution in [0.1, 0.15) is 71.1 Å². The minimum atomic E-state index is -0.785. The topological polar surface area (TPSA) is 55.8 Å². The molecule has 0 amide bonds. The van der Waals surface area contributed by atoms with Crippen LogP contribution in [-0.4, -0.2) is 17.0 Å². The molecular weight excluding hydrogens is 323 g/mol. The molecular formula is C19H33O4P. The molecule has 24 heavy (non-hydrogen) atoms. The first-order valence-electron chi connectivity index (χ1n) is 8.46. The van der Waals surface area contributed by atoms with Gasteiger partial charge in [-0.15, -0.1) is 0 Å². The van der Waals surface area contributed by atoms with Crippen LogP contribution in [0.2, 0.25) is 0 Å². The highest BCUT2D eigenvalue weighted by Crippen LogP contribution is 2.35. The predicted octanol–water partition coefficient (Wildman–Crippen LogP) is 5.22. The standard InChI is InChI=1S/C15H23O4P.C4H10/c1-9-7-10(2)13(12(8-9)15(4,5)6)18-14(16)11(3)19-20-17;1-3-4-2/h7-8,11,17,20H,1-6H3;3-4H2,1-2H3. The molecule has 0 bridgehead atoms. The van der Waals surface area contributed by atoms with Gasteiger partial charge in [0, 0.05) is 5.56 Å². The molecule has 0 aliphatic carbocycles. The van der Waals surface area contributed by atoms with Crippen molar-refractivity contribution in [1.82, 2.24) is 0 Å². The third-order valence-corrected chi connectivity index (χ3v) is 3.95. The molecule has 0 radical (unpaired) electrons. The van der Waals surface area contributed by atoms with Gasteiger partial charge < -0.3 is 14.2 Å². The van der Waals surface area contributed by atoms with Crippen LogP contribution in [0.5, 0.6) is 5.75 Å². The lowest BCUT2D eigenvalue weighted by Gasteiger charge is -2.25. The Hall–Kier alpha value is -0.960. The molecule has 1 aromatic rings. The average molecular weight is 356 g/mol. The van der Waals surface area contributed by atoms with Crippen molar-refractivity contribution in [2.45, 2.75) is 79.8 Å². The van der Waals surface area contributed by atoms with Gasteiger partial charge in [0.15, 0.2) is 15.1 Å². The van der Waals surface area contributed by atoms with E-state index >= 15 is 0 Å². The molecule has 1 N–H and O–H groups in total. The molecule has 5 heteroatoms. The summed E-state index contributed by atoms with van der Waals surface area (Å²) in [7, 11) is -0.728. The number of hydrogen-bond acceptors (Lipinski definition) is 4. The smallest absolute Gasteiger partial charge is 0.340 e. The number of unbranched alkanes of at least 4 members (excludes halogenated alkanes) is 1. The molecule has 4 nitrogen and oxygen atoms in total. The van der Waals surface area contributed by atoms with Crippen molar-refractivity contribution in [3.63, 3.8) is 0 Å². The van der Waals surface area contributed by atoms with Crippen LogP contribution < -0.4 is 4.74 Å². The second-order valence-electron chi connectivity index (χ2n) is 6.98. The van der Waals surface area contributed by atoms with E-state index in [-0.39, 0.29) is 5.41 Å². The van der Waals surface area contributed by atoms with Crippen molar-refractivity contribution in [2.75, 3.05) is 0 Å². The molecule has 0 aliphatic rings. The normalized spacial score (nSPS) is 12.7. The number of hydrogen-bond donors (Lipinski definition) is 1. The van der Waals surface area contributed by atoms with Gasteiger partial charge in [0.25, 0.3) is 0 Å². The van der Waals surface area contributed by atoms with Crippen LogP contribution in [0.3, 0.4) is 0 Å². The molecule has 1 aromatic carbocycles.